The second-order valence-electron chi connectivity index (χ2n) is 3.61. The highest BCUT2D eigenvalue weighted by atomic mass is 16.1. The van der Waals surface area contributed by atoms with E-state index in [9.17, 15) is 4.79 Å². The first kappa shape index (κ1) is 13.2. The summed E-state index contributed by atoms with van der Waals surface area (Å²) in [6.45, 7) is 3.69. The van der Waals surface area contributed by atoms with Crippen molar-refractivity contribution in [2.45, 2.75) is 52.4 Å². The second-order valence-corrected chi connectivity index (χ2v) is 3.61. The van der Waals surface area contributed by atoms with Crippen LogP contribution in [0, 0.1) is 0 Å². The van der Waals surface area contributed by atoms with Crippen molar-refractivity contribution in [3.63, 3.8) is 0 Å². The minimum atomic E-state index is 0.318. The van der Waals surface area contributed by atoms with Crippen molar-refractivity contribution in [2.75, 3.05) is 0 Å². The molecule has 0 aliphatic heterocycles. The average Bonchev–Trinajstić information content (AvgIpc) is 2.15. The van der Waals surface area contributed by atoms with Gasteiger partial charge in [-0.05, 0) is 33.1 Å². The molecule has 0 bridgehead atoms. The molecule has 1 heteroatoms. The van der Waals surface area contributed by atoms with Crippen LogP contribution in [-0.2, 0) is 4.79 Å². The first-order chi connectivity index (χ1) is 6.77. The maximum Gasteiger partial charge on any atom is 0.129 e. The fourth-order valence-corrected chi connectivity index (χ4v) is 1.28. The fraction of sp³-hybridized carbons (Fsp3) is 0.615. The smallest absolute Gasteiger partial charge is 0.129 e. The maximum absolute atomic E-state index is 10.6. The van der Waals surface area contributed by atoms with Crippen LogP contribution in [0.25, 0.3) is 0 Å². The van der Waals surface area contributed by atoms with Gasteiger partial charge in [0.15, 0.2) is 0 Å². The van der Waals surface area contributed by atoms with E-state index in [1.54, 1.807) is 6.92 Å². The largest absolute Gasteiger partial charge is 0.300 e. The SMILES string of the molecule is C/C=C/C=CCCCCCCC(C)=O. The summed E-state index contributed by atoms with van der Waals surface area (Å²) in [7, 11) is 0. The highest BCUT2D eigenvalue weighted by Crippen LogP contribution is 2.06. The molecule has 0 aromatic rings. The summed E-state index contributed by atoms with van der Waals surface area (Å²) in [5.41, 5.74) is 0. The Morgan fingerprint density at radius 2 is 1.79 bits per heavy atom. The van der Waals surface area contributed by atoms with Crippen LogP contribution < -0.4 is 0 Å². The van der Waals surface area contributed by atoms with Crippen LogP contribution in [0.15, 0.2) is 24.3 Å². The number of Topliss-reactive ketones (excluding diaryl/α,β-unsaturated/α-hetero) is 1. The van der Waals surface area contributed by atoms with Gasteiger partial charge in [0.05, 0.1) is 0 Å². The number of hydrogen-bond acceptors (Lipinski definition) is 1. The summed E-state index contributed by atoms with van der Waals surface area (Å²) in [5, 5.41) is 0. The van der Waals surface area contributed by atoms with Gasteiger partial charge in [-0.3, -0.25) is 0 Å². The molecule has 0 aliphatic carbocycles. The van der Waals surface area contributed by atoms with Gasteiger partial charge in [0.25, 0.3) is 0 Å². The van der Waals surface area contributed by atoms with E-state index in [-0.39, 0.29) is 0 Å². The van der Waals surface area contributed by atoms with E-state index in [2.05, 4.69) is 18.2 Å². The van der Waals surface area contributed by atoms with E-state index in [1.165, 1.54) is 19.3 Å². The summed E-state index contributed by atoms with van der Waals surface area (Å²) >= 11 is 0. The molecule has 0 fully saturated rings. The Labute approximate surface area is 87.9 Å². The number of carbonyl (C=O) groups excluding carboxylic acids is 1. The molecule has 0 aliphatic rings. The molecule has 14 heavy (non-hydrogen) atoms. The molecule has 0 rings (SSSR count). The van der Waals surface area contributed by atoms with Gasteiger partial charge >= 0.3 is 0 Å². The van der Waals surface area contributed by atoms with Gasteiger partial charge in [-0.2, -0.15) is 0 Å². The maximum atomic E-state index is 10.6. The quantitative estimate of drug-likeness (QED) is 0.421. The molecular formula is C13H22O. The molecule has 0 heterocycles. The highest BCUT2D eigenvalue weighted by Gasteiger charge is 1.92. The highest BCUT2D eigenvalue weighted by molar-refractivity contribution is 5.75. The van der Waals surface area contributed by atoms with Crippen LogP contribution in [0.4, 0.5) is 0 Å². The molecule has 0 saturated heterocycles. The molecule has 0 atom stereocenters. The predicted octanol–water partition coefficient (Wildman–Crippen LogP) is 4.05. The van der Waals surface area contributed by atoms with Crippen LogP contribution in [0.2, 0.25) is 0 Å². The molecule has 0 unspecified atom stereocenters. The molecule has 0 aromatic carbocycles. The first-order valence-electron chi connectivity index (χ1n) is 5.54. The van der Waals surface area contributed by atoms with Gasteiger partial charge in [-0.1, -0.05) is 37.1 Å². The van der Waals surface area contributed by atoms with Crippen LogP contribution in [0.3, 0.4) is 0 Å². The first-order valence-corrected chi connectivity index (χ1v) is 5.54. The van der Waals surface area contributed by atoms with Crippen molar-refractivity contribution in [2.24, 2.45) is 0 Å². The Morgan fingerprint density at radius 3 is 2.43 bits per heavy atom. The number of carbonyl (C=O) groups is 1. The third-order valence-electron chi connectivity index (χ3n) is 2.09. The molecule has 0 amide bonds. The van der Waals surface area contributed by atoms with E-state index in [0.717, 1.165) is 19.3 Å². The third-order valence-corrected chi connectivity index (χ3v) is 2.09. The van der Waals surface area contributed by atoms with Crippen molar-refractivity contribution in [3.8, 4) is 0 Å². The summed E-state index contributed by atoms with van der Waals surface area (Å²) in [4.78, 5) is 10.6. The summed E-state index contributed by atoms with van der Waals surface area (Å²) in [6.07, 6.45) is 15.0. The lowest BCUT2D eigenvalue weighted by Crippen LogP contribution is -1.88. The fourth-order valence-electron chi connectivity index (χ4n) is 1.28. The van der Waals surface area contributed by atoms with E-state index in [0.29, 0.717) is 5.78 Å². The Bertz CT molecular complexity index is 189. The molecule has 80 valence electrons. The van der Waals surface area contributed by atoms with Crippen molar-refractivity contribution >= 4 is 5.78 Å². The van der Waals surface area contributed by atoms with E-state index in [4.69, 9.17) is 0 Å². The van der Waals surface area contributed by atoms with Crippen LogP contribution in [0.1, 0.15) is 52.4 Å². The topological polar surface area (TPSA) is 17.1 Å². The van der Waals surface area contributed by atoms with Gasteiger partial charge in [-0.25, -0.2) is 0 Å². The number of allylic oxidation sites excluding steroid dienone is 4. The minimum Gasteiger partial charge on any atom is -0.300 e. The molecule has 0 saturated carbocycles. The standard InChI is InChI=1S/C13H22O/c1-3-4-5-6-7-8-9-10-11-12-13(2)14/h3-6H,7-12H2,1-2H3/b4-3+,6-5?. The molecular weight excluding hydrogens is 172 g/mol. The Hall–Kier alpha value is -0.850. The third kappa shape index (κ3) is 11.2. The van der Waals surface area contributed by atoms with E-state index < -0.39 is 0 Å². The average molecular weight is 194 g/mol. The number of unbranched alkanes of at least 4 members (excludes halogenated alkanes) is 4. The molecule has 0 aromatic heterocycles. The number of hydrogen-bond donors (Lipinski definition) is 0. The van der Waals surface area contributed by atoms with Gasteiger partial charge in [0.2, 0.25) is 0 Å². The molecule has 0 radical (unpaired) electrons. The summed E-state index contributed by atoms with van der Waals surface area (Å²) < 4.78 is 0. The van der Waals surface area contributed by atoms with Gasteiger partial charge in [-0.15, -0.1) is 0 Å². The molecule has 0 N–H and O–H groups in total. The second kappa shape index (κ2) is 10.2. The monoisotopic (exact) mass is 194 g/mol. The summed E-state index contributed by atoms with van der Waals surface area (Å²) in [5.74, 6) is 0.318. The van der Waals surface area contributed by atoms with Crippen molar-refractivity contribution in [1.29, 1.82) is 0 Å². The normalized spacial score (nSPS) is 11.6. The lowest BCUT2D eigenvalue weighted by molar-refractivity contribution is -0.117. The van der Waals surface area contributed by atoms with Crippen LogP contribution in [0.5, 0.6) is 0 Å². The van der Waals surface area contributed by atoms with Crippen molar-refractivity contribution in [3.05, 3.63) is 24.3 Å². The van der Waals surface area contributed by atoms with Crippen LogP contribution in [-0.4, -0.2) is 5.78 Å². The zero-order valence-electron chi connectivity index (χ0n) is 9.46. The van der Waals surface area contributed by atoms with Crippen LogP contribution >= 0.6 is 0 Å². The van der Waals surface area contributed by atoms with Gasteiger partial charge < -0.3 is 4.79 Å². The van der Waals surface area contributed by atoms with Crippen molar-refractivity contribution in [1.82, 2.24) is 0 Å². The Balaban J connectivity index is 3.10. The Morgan fingerprint density at radius 1 is 1.07 bits per heavy atom. The van der Waals surface area contributed by atoms with E-state index >= 15 is 0 Å². The zero-order chi connectivity index (χ0) is 10.6. The number of ketones is 1. The van der Waals surface area contributed by atoms with E-state index in [1.807, 2.05) is 13.0 Å². The van der Waals surface area contributed by atoms with Crippen molar-refractivity contribution < 1.29 is 4.79 Å². The lowest BCUT2D eigenvalue weighted by atomic mass is 10.1. The van der Waals surface area contributed by atoms with Gasteiger partial charge in [0.1, 0.15) is 5.78 Å². The zero-order valence-corrected chi connectivity index (χ0v) is 9.46. The Kier molecular flexibility index (Phi) is 9.61. The molecule has 1 nitrogen and oxygen atoms in total. The van der Waals surface area contributed by atoms with Gasteiger partial charge in [0, 0.05) is 6.42 Å². The molecule has 0 spiro atoms. The minimum absolute atomic E-state index is 0.318. The number of rotatable bonds is 8. The lowest BCUT2D eigenvalue weighted by Gasteiger charge is -1.96. The predicted molar refractivity (Wildman–Crippen MR) is 62.3 cm³/mol. The summed E-state index contributed by atoms with van der Waals surface area (Å²) in [6, 6.07) is 0.